The summed E-state index contributed by atoms with van der Waals surface area (Å²) in [6.45, 7) is 4.98. The van der Waals surface area contributed by atoms with Crippen LogP contribution in [0.15, 0.2) is 0 Å². The molecule has 0 saturated carbocycles. The first-order valence-electron chi connectivity index (χ1n) is 4.27. The molecular formula is C8H17NO2S. The van der Waals surface area contributed by atoms with Gasteiger partial charge < -0.3 is 10.1 Å². The average Bonchev–Trinajstić information content (AvgIpc) is 2.04. The van der Waals surface area contributed by atoms with E-state index in [1.165, 1.54) is 0 Å². The van der Waals surface area contributed by atoms with Gasteiger partial charge in [-0.25, -0.2) is 0 Å². The number of hydrogen-bond donors (Lipinski definition) is 2. The number of likely N-dealkylation sites (N-methyl/N-ethyl adjacent to an activating group) is 1. The maximum Gasteiger partial charge on any atom is 0.323 e. The van der Waals surface area contributed by atoms with Crippen LogP contribution in [-0.2, 0) is 9.53 Å². The predicted molar refractivity (Wildman–Crippen MR) is 52.6 cm³/mol. The molecule has 0 aliphatic rings. The molecule has 0 saturated heterocycles. The molecule has 0 aromatic heterocycles. The molecule has 0 amide bonds. The molecule has 0 aromatic carbocycles. The quantitative estimate of drug-likeness (QED) is 0.483. The first-order chi connectivity index (χ1) is 5.76. The van der Waals surface area contributed by atoms with Crippen LogP contribution in [0.3, 0.4) is 0 Å². The van der Waals surface area contributed by atoms with E-state index in [0.29, 0.717) is 12.4 Å². The van der Waals surface area contributed by atoms with Crippen molar-refractivity contribution in [2.24, 2.45) is 0 Å². The van der Waals surface area contributed by atoms with Gasteiger partial charge in [-0.1, -0.05) is 6.92 Å². The van der Waals surface area contributed by atoms with Gasteiger partial charge in [0.15, 0.2) is 0 Å². The minimum atomic E-state index is -0.188. The topological polar surface area (TPSA) is 38.3 Å². The van der Waals surface area contributed by atoms with Crippen molar-refractivity contribution in [1.29, 1.82) is 0 Å². The Morgan fingerprint density at radius 3 is 2.67 bits per heavy atom. The van der Waals surface area contributed by atoms with Gasteiger partial charge >= 0.3 is 5.97 Å². The summed E-state index contributed by atoms with van der Waals surface area (Å²) in [6, 6.07) is -0.188. The molecule has 3 nitrogen and oxygen atoms in total. The highest BCUT2D eigenvalue weighted by Gasteiger charge is 2.16. The van der Waals surface area contributed by atoms with Crippen LogP contribution in [0, 0.1) is 0 Å². The molecule has 0 aliphatic carbocycles. The molecule has 0 rings (SSSR count). The fraction of sp³-hybridized carbons (Fsp3) is 0.875. The summed E-state index contributed by atoms with van der Waals surface area (Å²) in [7, 11) is 0. The van der Waals surface area contributed by atoms with Gasteiger partial charge in [-0.05, 0) is 25.6 Å². The Labute approximate surface area is 79.3 Å². The maximum absolute atomic E-state index is 11.2. The molecule has 72 valence electrons. The van der Waals surface area contributed by atoms with Crippen molar-refractivity contribution in [3.63, 3.8) is 0 Å². The Balaban J connectivity index is 3.81. The van der Waals surface area contributed by atoms with E-state index in [4.69, 9.17) is 4.74 Å². The van der Waals surface area contributed by atoms with Crippen LogP contribution >= 0.6 is 12.6 Å². The number of nitrogens with one attached hydrogen (secondary N) is 1. The van der Waals surface area contributed by atoms with Gasteiger partial charge in [-0.3, -0.25) is 4.79 Å². The van der Waals surface area contributed by atoms with Crippen molar-refractivity contribution in [2.45, 2.75) is 26.3 Å². The molecule has 0 radical (unpaired) electrons. The van der Waals surface area contributed by atoms with E-state index in [2.05, 4.69) is 17.9 Å². The summed E-state index contributed by atoms with van der Waals surface area (Å²) in [5, 5.41) is 3.04. The van der Waals surface area contributed by atoms with Gasteiger partial charge in [0.05, 0.1) is 6.61 Å². The average molecular weight is 191 g/mol. The lowest BCUT2D eigenvalue weighted by Gasteiger charge is -2.14. The van der Waals surface area contributed by atoms with Crippen LogP contribution in [0.1, 0.15) is 20.3 Å². The largest absolute Gasteiger partial charge is 0.465 e. The van der Waals surface area contributed by atoms with Crippen LogP contribution in [0.25, 0.3) is 0 Å². The smallest absolute Gasteiger partial charge is 0.323 e. The van der Waals surface area contributed by atoms with E-state index in [1.807, 2.05) is 13.8 Å². The van der Waals surface area contributed by atoms with Crippen LogP contribution < -0.4 is 5.32 Å². The number of carbonyl (C=O) groups is 1. The molecule has 0 unspecified atom stereocenters. The van der Waals surface area contributed by atoms with Crippen molar-refractivity contribution >= 4 is 18.6 Å². The lowest BCUT2D eigenvalue weighted by Crippen LogP contribution is -2.38. The second-order valence-corrected chi connectivity index (χ2v) is 2.82. The molecule has 4 heteroatoms. The summed E-state index contributed by atoms with van der Waals surface area (Å²) in [5.74, 6) is 0.518. The second-order valence-electron chi connectivity index (χ2n) is 2.37. The fourth-order valence-electron chi connectivity index (χ4n) is 0.922. The van der Waals surface area contributed by atoms with Crippen molar-refractivity contribution in [2.75, 3.05) is 18.9 Å². The Kier molecular flexibility index (Phi) is 7.29. The minimum absolute atomic E-state index is 0.173. The lowest BCUT2D eigenvalue weighted by molar-refractivity contribution is -0.145. The monoisotopic (exact) mass is 191 g/mol. The Morgan fingerprint density at radius 1 is 1.58 bits per heavy atom. The van der Waals surface area contributed by atoms with Crippen LogP contribution in [0.4, 0.5) is 0 Å². The summed E-state index contributed by atoms with van der Waals surface area (Å²) in [4.78, 5) is 11.2. The standard InChI is InChI=1S/C8H17NO2S/c1-3-9-7(5-6-12)8(10)11-4-2/h7,9,12H,3-6H2,1-2H3/t7-/m0/s1. The third-order valence-electron chi connectivity index (χ3n) is 1.44. The first-order valence-corrected chi connectivity index (χ1v) is 4.90. The van der Waals surface area contributed by atoms with E-state index in [1.54, 1.807) is 0 Å². The number of thiol groups is 1. The molecule has 0 spiro atoms. The first kappa shape index (κ1) is 11.8. The maximum atomic E-state index is 11.2. The molecule has 0 heterocycles. The van der Waals surface area contributed by atoms with Gasteiger partial charge in [0, 0.05) is 0 Å². The molecule has 0 aromatic rings. The zero-order valence-corrected chi connectivity index (χ0v) is 8.56. The number of hydrogen-bond acceptors (Lipinski definition) is 4. The SMILES string of the molecule is CCN[C@@H](CCS)C(=O)OCC. The summed E-state index contributed by atoms with van der Waals surface area (Å²) < 4.78 is 4.87. The van der Waals surface area contributed by atoms with Crippen LogP contribution in [0.2, 0.25) is 0 Å². The summed E-state index contributed by atoms with van der Waals surface area (Å²) in [5.41, 5.74) is 0. The number of carbonyl (C=O) groups excluding carboxylic acids is 1. The molecule has 0 fully saturated rings. The number of rotatable bonds is 6. The van der Waals surface area contributed by atoms with Gasteiger partial charge in [0.25, 0.3) is 0 Å². The lowest BCUT2D eigenvalue weighted by atomic mass is 10.2. The van der Waals surface area contributed by atoms with E-state index >= 15 is 0 Å². The van der Waals surface area contributed by atoms with Crippen molar-refractivity contribution in [1.82, 2.24) is 5.32 Å². The highest BCUT2D eigenvalue weighted by atomic mass is 32.1. The highest BCUT2D eigenvalue weighted by Crippen LogP contribution is 1.97. The van der Waals surface area contributed by atoms with E-state index < -0.39 is 0 Å². The molecule has 1 N–H and O–H groups in total. The number of ether oxygens (including phenoxy) is 1. The van der Waals surface area contributed by atoms with E-state index in [0.717, 1.165) is 13.0 Å². The molecule has 1 atom stereocenters. The van der Waals surface area contributed by atoms with Crippen LogP contribution in [0.5, 0.6) is 0 Å². The fourth-order valence-corrected chi connectivity index (χ4v) is 1.18. The molecular weight excluding hydrogens is 174 g/mol. The second kappa shape index (κ2) is 7.43. The van der Waals surface area contributed by atoms with Gasteiger partial charge in [0.1, 0.15) is 6.04 Å². The summed E-state index contributed by atoms with van der Waals surface area (Å²) in [6.07, 6.45) is 0.718. The van der Waals surface area contributed by atoms with Crippen molar-refractivity contribution < 1.29 is 9.53 Å². The summed E-state index contributed by atoms with van der Waals surface area (Å²) >= 11 is 4.07. The van der Waals surface area contributed by atoms with Gasteiger partial charge in [-0.15, -0.1) is 0 Å². The van der Waals surface area contributed by atoms with E-state index in [9.17, 15) is 4.79 Å². The zero-order chi connectivity index (χ0) is 9.40. The highest BCUT2D eigenvalue weighted by molar-refractivity contribution is 7.80. The predicted octanol–water partition coefficient (Wildman–Crippen LogP) is 0.848. The Morgan fingerprint density at radius 2 is 2.25 bits per heavy atom. The Bertz CT molecular complexity index is 124. The van der Waals surface area contributed by atoms with Crippen LogP contribution in [-0.4, -0.2) is 30.9 Å². The van der Waals surface area contributed by atoms with Gasteiger partial charge in [-0.2, -0.15) is 12.6 Å². The minimum Gasteiger partial charge on any atom is -0.465 e. The van der Waals surface area contributed by atoms with E-state index in [-0.39, 0.29) is 12.0 Å². The van der Waals surface area contributed by atoms with Crippen molar-refractivity contribution in [3.8, 4) is 0 Å². The normalized spacial score (nSPS) is 12.6. The van der Waals surface area contributed by atoms with Crippen molar-refractivity contribution in [3.05, 3.63) is 0 Å². The third-order valence-corrected chi connectivity index (χ3v) is 1.70. The third kappa shape index (κ3) is 4.62. The zero-order valence-electron chi connectivity index (χ0n) is 7.67. The number of esters is 1. The van der Waals surface area contributed by atoms with Gasteiger partial charge in [0.2, 0.25) is 0 Å². The molecule has 0 bridgehead atoms. The molecule has 0 aliphatic heterocycles. The molecule has 12 heavy (non-hydrogen) atoms. The Hall–Kier alpha value is -0.220.